The number of halogens is 1. The normalized spacial score (nSPS) is 12.4. The number of nitrogens with one attached hydrogen (secondary N) is 1. The molecule has 0 spiro atoms. The Labute approximate surface area is 128 Å². The van der Waals surface area contributed by atoms with Gasteiger partial charge in [0.1, 0.15) is 0 Å². The SMILES string of the molecule is C[C@H](NCc1cnc(N(C)C)n1C)c1ccc(Br)cc1. The molecule has 0 bridgehead atoms. The highest BCUT2D eigenvalue weighted by Crippen LogP contribution is 2.17. The summed E-state index contributed by atoms with van der Waals surface area (Å²) in [7, 11) is 6.05. The van der Waals surface area contributed by atoms with Crippen molar-refractivity contribution in [1.82, 2.24) is 14.9 Å². The second-order valence-corrected chi connectivity index (χ2v) is 6.07. The molecule has 5 heteroatoms. The standard InChI is InChI=1S/C15H21BrN4/c1-11(12-5-7-13(16)8-6-12)17-9-14-10-18-15(19(2)3)20(14)4/h5-8,10-11,17H,9H2,1-4H3/t11-/m0/s1. The van der Waals surface area contributed by atoms with Crippen LogP contribution in [0.2, 0.25) is 0 Å². The van der Waals surface area contributed by atoms with Crippen LogP contribution in [0.3, 0.4) is 0 Å². The van der Waals surface area contributed by atoms with Crippen LogP contribution in [0, 0.1) is 0 Å². The fraction of sp³-hybridized carbons (Fsp3) is 0.400. The summed E-state index contributed by atoms with van der Waals surface area (Å²) in [5, 5.41) is 3.53. The van der Waals surface area contributed by atoms with E-state index in [0.717, 1.165) is 17.0 Å². The number of rotatable bonds is 5. The molecule has 108 valence electrons. The van der Waals surface area contributed by atoms with Crippen LogP contribution in [-0.2, 0) is 13.6 Å². The predicted octanol–water partition coefficient (Wildman–Crippen LogP) is 3.10. The van der Waals surface area contributed by atoms with E-state index in [9.17, 15) is 0 Å². The Bertz CT molecular complexity index is 560. The fourth-order valence-electron chi connectivity index (χ4n) is 2.14. The molecule has 0 amide bonds. The van der Waals surface area contributed by atoms with Crippen LogP contribution in [0.1, 0.15) is 24.2 Å². The molecule has 0 saturated carbocycles. The molecule has 0 aliphatic carbocycles. The van der Waals surface area contributed by atoms with Crippen molar-refractivity contribution in [2.75, 3.05) is 19.0 Å². The van der Waals surface area contributed by atoms with E-state index in [-0.39, 0.29) is 0 Å². The van der Waals surface area contributed by atoms with Crippen LogP contribution in [0.25, 0.3) is 0 Å². The first-order chi connectivity index (χ1) is 9.49. The number of benzene rings is 1. The number of imidazole rings is 1. The average molecular weight is 337 g/mol. The summed E-state index contributed by atoms with van der Waals surface area (Å²) in [4.78, 5) is 6.44. The maximum atomic E-state index is 4.42. The van der Waals surface area contributed by atoms with Crippen molar-refractivity contribution in [3.8, 4) is 0 Å². The van der Waals surface area contributed by atoms with E-state index in [1.165, 1.54) is 11.3 Å². The van der Waals surface area contributed by atoms with Gasteiger partial charge in [-0.15, -0.1) is 0 Å². The third kappa shape index (κ3) is 3.41. The zero-order chi connectivity index (χ0) is 14.7. The van der Waals surface area contributed by atoms with Crippen LogP contribution >= 0.6 is 15.9 Å². The second-order valence-electron chi connectivity index (χ2n) is 5.16. The van der Waals surface area contributed by atoms with Crippen LogP contribution in [0.5, 0.6) is 0 Å². The van der Waals surface area contributed by atoms with Crippen LogP contribution in [-0.4, -0.2) is 23.6 Å². The first-order valence-corrected chi connectivity index (χ1v) is 7.45. The summed E-state index contributed by atoms with van der Waals surface area (Å²) in [6.07, 6.45) is 1.93. The highest BCUT2D eigenvalue weighted by atomic mass is 79.9. The van der Waals surface area contributed by atoms with Crippen LogP contribution in [0.15, 0.2) is 34.9 Å². The van der Waals surface area contributed by atoms with Gasteiger partial charge in [-0.1, -0.05) is 28.1 Å². The van der Waals surface area contributed by atoms with Gasteiger partial charge in [0.2, 0.25) is 5.95 Å². The van der Waals surface area contributed by atoms with E-state index in [4.69, 9.17) is 0 Å². The van der Waals surface area contributed by atoms with Gasteiger partial charge in [0.05, 0.1) is 11.9 Å². The Hall–Kier alpha value is -1.33. The highest BCUT2D eigenvalue weighted by Gasteiger charge is 2.10. The van der Waals surface area contributed by atoms with Crippen LogP contribution in [0.4, 0.5) is 5.95 Å². The molecule has 2 rings (SSSR count). The smallest absolute Gasteiger partial charge is 0.204 e. The predicted molar refractivity (Wildman–Crippen MR) is 86.9 cm³/mol. The van der Waals surface area contributed by atoms with Gasteiger partial charge in [-0.05, 0) is 24.6 Å². The van der Waals surface area contributed by atoms with E-state index in [1.807, 2.05) is 32.2 Å². The Kier molecular flexibility index (Phi) is 4.83. The molecular formula is C15H21BrN4. The largest absolute Gasteiger partial charge is 0.348 e. The molecule has 0 radical (unpaired) electrons. The number of nitrogens with zero attached hydrogens (tertiary/aromatic N) is 3. The molecule has 0 aliphatic heterocycles. The topological polar surface area (TPSA) is 33.1 Å². The minimum absolute atomic E-state index is 0.306. The fourth-order valence-corrected chi connectivity index (χ4v) is 2.40. The van der Waals surface area contributed by atoms with Crippen molar-refractivity contribution in [3.63, 3.8) is 0 Å². The van der Waals surface area contributed by atoms with Crippen LogP contribution < -0.4 is 10.2 Å². The first kappa shape index (κ1) is 15.1. The van der Waals surface area contributed by atoms with Crippen molar-refractivity contribution >= 4 is 21.9 Å². The van der Waals surface area contributed by atoms with Gasteiger partial charge in [-0.3, -0.25) is 0 Å². The van der Waals surface area contributed by atoms with Gasteiger partial charge in [0.15, 0.2) is 0 Å². The lowest BCUT2D eigenvalue weighted by Crippen LogP contribution is -2.20. The van der Waals surface area contributed by atoms with E-state index in [2.05, 4.69) is 62.0 Å². The molecule has 0 aliphatic rings. The molecule has 2 aromatic rings. The maximum Gasteiger partial charge on any atom is 0.204 e. The number of anilines is 1. The Morgan fingerprint density at radius 1 is 1.30 bits per heavy atom. The number of hydrogen-bond acceptors (Lipinski definition) is 3. The van der Waals surface area contributed by atoms with Crippen molar-refractivity contribution in [1.29, 1.82) is 0 Å². The average Bonchev–Trinajstić information content (AvgIpc) is 2.78. The van der Waals surface area contributed by atoms with E-state index >= 15 is 0 Å². The number of aromatic nitrogens is 2. The van der Waals surface area contributed by atoms with Gasteiger partial charge >= 0.3 is 0 Å². The zero-order valence-corrected chi connectivity index (χ0v) is 14.0. The quantitative estimate of drug-likeness (QED) is 0.910. The summed E-state index contributed by atoms with van der Waals surface area (Å²) in [6, 6.07) is 8.72. The number of hydrogen-bond donors (Lipinski definition) is 1. The molecule has 0 fully saturated rings. The van der Waals surface area contributed by atoms with Crippen molar-refractivity contribution in [2.24, 2.45) is 7.05 Å². The monoisotopic (exact) mass is 336 g/mol. The third-order valence-electron chi connectivity index (χ3n) is 3.42. The molecule has 1 aromatic heterocycles. The lowest BCUT2D eigenvalue weighted by atomic mass is 10.1. The molecule has 4 nitrogen and oxygen atoms in total. The van der Waals surface area contributed by atoms with Gasteiger partial charge in [0, 0.05) is 38.2 Å². The van der Waals surface area contributed by atoms with Crippen molar-refractivity contribution in [2.45, 2.75) is 19.5 Å². The van der Waals surface area contributed by atoms with E-state index < -0.39 is 0 Å². The molecule has 1 N–H and O–H groups in total. The molecule has 20 heavy (non-hydrogen) atoms. The molecular weight excluding hydrogens is 316 g/mol. The molecule has 1 heterocycles. The Balaban J connectivity index is 2.00. The molecule has 1 atom stereocenters. The summed E-state index contributed by atoms with van der Waals surface area (Å²) in [6.45, 7) is 2.97. The first-order valence-electron chi connectivity index (χ1n) is 6.66. The second kappa shape index (κ2) is 6.41. The third-order valence-corrected chi connectivity index (χ3v) is 3.95. The molecule has 0 unspecified atom stereocenters. The molecule has 0 saturated heterocycles. The summed E-state index contributed by atoms with van der Waals surface area (Å²) in [5.74, 6) is 0.970. The van der Waals surface area contributed by atoms with Gasteiger partial charge in [-0.2, -0.15) is 0 Å². The lowest BCUT2D eigenvalue weighted by Gasteiger charge is -2.16. The Morgan fingerprint density at radius 2 is 1.95 bits per heavy atom. The summed E-state index contributed by atoms with van der Waals surface area (Å²) < 4.78 is 3.22. The summed E-state index contributed by atoms with van der Waals surface area (Å²) >= 11 is 3.46. The molecule has 1 aromatic carbocycles. The minimum Gasteiger partial charge on any atom is -0.348 e. The van der Waals surface area contributed by atoms with Crippen molar-refractivity contribution < 1.29 is 0 Å². The van der Waals surface area contributed by atoms with Crippen molar-refractivity contribution in [3.05, 3.63) is 46.2 Å². The maximum absolute atomic E-state index is 4.42. The highest BCUT2D eigenvalue weighted by molar-refractivity contribution is 9.10. The van der Waals surface area contributed by atoms with Gasteiger partial charge < -0.3 is 14.8 Å². The van der Waals surface area contributed by atoms with Gasteiger partial charge in [-0.25, -0.2) is 4.98 Å². The van der Waals surface area contributed by atoms with E-state index in [1.54, 1.807) is 0 Å². The minimum atomic E-state index is 0.306. The summed E-state index contributed by atoms with van der Waals surface area (Å²) in [5.41, 5.74) is 2.46. The van der Waals surface area contributed by atoms with Gasteiger partial charge in [0.25, 0.3) is 0 Å². The zero-order valence-electron chi connectivity index (χ0n) is 12.4. The lowest BCUT2D eigenvalue weighted by molar-refractivity contribution is 0.558. The van der Waals surface area contributed by atoms with E-state index in [0.29, 0.717) is 6.04 Å². The Morgan fingerprint density at radius 3 is 2.50 bits per heavy atom.